The lowest BCUT2D eigenvalue weighted by atomic mass is 9.97. The number of halogens is 1. The summed E-state index contributed by atoms with van der Waals surface area (Å²) in [6.07, 6.45) is 1.72. The molecule has 2 aromatic carbocycles. The highest BCUT2D eigenvalue weighted by Crippen LogP contribution is 2.31. The largest absolute Gasteiger partial charge is 0.495 e. The SMILES string of the molecule is COc1ccc(F)cc1S(=O)(=O)NCC1CCN(c2nc3ccccc3s2)CC1. The second-order valence-corrected chi connectivity index (χ2v) is 9.79. The predicted molar refractivity (Wildman–Crippen MR) is 113 cm³/mol. The van der Waals surface area contributed by atoms with E-state index >= 15 is 0 Å². The molecule has 1 aliphatic rings. The van der Waals surface area contributed by atoms with E-state index in [0.29, 0.717) is 6.54 Å². The summed E-state index contributed by atoms with van der Waals surface area (Å²) in [4.78, 5) is 6.78. The maximum Gasteiger partial charge on any atom is 0.244 e. The average Bonchev–Trinajstić information content (AvgIpc) is 3.17. The fourth-order valence-electron chi connectivity index (χ4n) is 3.49. The molecule has 154 valence electrons. The fraction of sp³-hybridized carbons (Fsp3) is 0.350. The van der Waals surface area contributed by atoms with Crippen LogP contribution < -0.4 is 14.4 Å². The van der Waals surface area contributed by atoms with E-state index in [1.165, 1.54) is 23.9 Å². The third-order valence-electron chi connectivity index (χ3n) is 5.14. The van der Waals surface area contributed by atoms with Gasteiger partial charge < -0.3 is 9.64 Å². The number of methoxy groups -OCH3 is 1. The minimum atomic E-state index is -3.85. The number of fused-ring (bicyclic) bond motifs is 1. The van der Waals surface area contributed by atoms with Crippen LogP contribution in [0.15, 0.2) is 47.4 Å². The summed E-state index contributed by atoms with van der Waals surface area (Å²) < 4.78 is 47.6. The normalized spacial score (nSPS) is 15.7. The Hall–Kier alpha value is -2.23. The molecule has 3 aromatic rings. The first kappa shape index (κ1) is 20.1. The molecule has 0 atom stereocenters. The van der Waals surface area contributed by atoms with Gasteiger partial charge >= 0.3 is 0 Å². The van der Waals surface area contributed by atoms with Gasteiger partial charge in [0, 0.05) is 19.6 Å². The summed E-state index contributed by atoms with van der Waals surface area (Å²) in [5.74, 6) is -0.269. The van der Waals surface area contributed by atoms with Gasteiger partial charge in [-0.2, -0.15) is 0 Å². The van der Waals surface area contributed by atoms with Crippen molar-refractivity contribution in [1.29, 1.82) is 0 Å². The lowest BCUT2D eigenvalue weighted by molar-refractivity contribution is 0.394. The number of nitrogens with zero attached hydrogens (tertiary/aromatic N) is 2. The molecule has 0 aliphatic carbocycles. The second kappa shape index (κ2) is 8.25. The number of para-hydroxylation sites is 1. The van der Waals surface area contributed by atoms with Crippen molar-refractivity contribution in [2.45, 2.75) is 17.7 Å². The van der Waals surface area contributed by atoms with Gasteiger partial charge in [-0.1, -0.05) is 23.5 Å². The van der Waals surface area contributed by atoms with Crippen LogP contribution in [0.25, 0.3) is 10.2 Å². The Labute approximate surface area is 173 Å². The summed E-state index contributed by atoms with van der Waals surface area (Å²) in [7, 11) is -2.48. The molecule has 1 N–H and O–H groups in total. The van der Waals surface area contributed by atoms with Crippen molar-refractivity contribution in [2.75, 3.05) is 31.6 Å². The Morgan fingerprint density at radius 1 is 1.24 bits per heavy atom. The first-order valence-electron chi connectivity index (χ1n) is 9.40. The van der Waals surface area contributed by atoms with Gasteiger partial charge in [0.05, 0.1) is 17.3 Å². The maximum atomic E-state index is 13.5. The van der Waals surface area contributed by atoms with Crippen LogP contribution in [0.1, 0.15) is 12.8 Å². The van der Waals surface area contributed by atoms with Gasteiger partial charge in [-0.3, -0.25) is 0 Å². The smallest absolute Gasteiger partial charge is 0.244 e. The first-order chi connectivity index (χ1) is 14.0. The standard InChI is InChI=1S/C20H22FN3O3S2/c1-27-17-7-6-15(21)12-19(17)29(25,26)22-13-14-8-10-24(11-9-14)20-23-16-4-2-3-5-18(16)28-20/h2-7,12,14,22H,8-11,13H2,1H3. The molecule has 6 nitrogen and oxygen atoms in total. The molecule has 2 heterocycles. The van der Waals surface area contributed by atoms with E-state index in [2.05, 4.69) is 15.7 Å². The van der Waals surface area contributed by atoms with Crippen molar-refractivity contribution in [3.8, 4) is 5.75 Å². The Morgan fingerprint density at radius 2 is 2.00 bits per heavy atom. The summed E-state index contributed by atoms with van der Waals surface area (Å²) >= 11 is 1.68. The maximum absolute atomic E-state index is 13.5. The molecule has 0 spiro atoms. The zero-order valence-corrected chi connectivity index (χ0v) is 17.6. The number of benzene rings is 2. The van der Waals surface area contributed by atoms with Crippen LogP contribution in [0, 0.1) is 11.7 Å². The van der Waals surface area contributed by atoms with Gasteiger partial charge in [0.1, 0.15) is 16.5 Å². The lowest BCUT2D eigenvalue weighted by Crippen LogP contribution is -2.38. The van der Waals surface area contributed by atoms with Crippen molar-refractivity contribution >= 4 is 36.7 Å². The van der Waals surface area contributed by atoms with E-state index in [9.17, 15) is 12.8 Å². The summed E-state index contributed by atoms with van der Waals surface area (Å²) in [6, 6.07) is 11.6. The van der Waals surface area contributed by atoms with Gasteiger partial charge in [-0.25, -0.2) is 22.5 Å². The highest BCUT2D eigenvalue weighted by Gasteiger charge is 2.25. The number of piperidine rings is 1. The van der Waals surface area contributed by atoms with Crippen molar-refractivity contribution in [3.05, 3.63) is 48.3 Å². The molecule has 1 aromatic heterocycles. The van der Waals surface area contributed by atoms with Crippen molar-refractivity contribution < 1.29 is 17.5 Å². The van der Waals surface area contributed by atoms with Gasteiger partial charge in [0.2, 0.25) is 10.0 Å². The Morgan fingerprint density at radius 3 is 2.72 bits per heavy atom. The molecule has 0 radical (unpaired) electrons. The quantitative estimate of drug-likeness (QED) is 0.640. The van der Waals surface area contributed by atoms with Gasteiger partial charge in [-0.05, 0) is 49.1 Å². The van der Waals surface area contributed by atoms with E-state index in [0.717, 1.165) is 42.6 Å². The van der Waals surface area contributed by atoms with Crippen molar-refractivity contribution in [2.24, 2.45) is 5.92 Å². The zero-order chi connectivity index (χ0) is 20.4. The molecule has 29 heavy (non-hydrogen) atoms. The Bertz CT molecular complexity index is 1080. The zero-order valence-electron chi connectivity index (χ0n) is 16.0. The lowest BCUT2D eigenvalue weighted by Gasteiger charge is -2.31. The third-order valence-corrected chi connectivity index (χ3v) is 7.69. The molecule has 4 rings (SSSR count). The number of thiazole rings is 1. The molecule has 0 saturated carbocycles. The first-order valence-corrected chi connectivity index (χ1v) is 11.7. The number of anilines is 1. The fourth-order valence-corrected chi connectivity index (χ4v) is 5.80. The predicted octanol–water partition coefficient (Wildman–Crippen LogP) is 3.64. The molecule has 1 saturated heterocycles. The van der Waals surface area contributed by atoms with Crippen LogP contribution in [0.5, 0.6) is 5.75 Å². The number of nitrogens with one attached hydrogen (secondary N) is 1. The molecule has 0 amide bonds. The van der Waals surface area contributed by atoms with Crippen LogP contribution in [-0.2, 0) is 10.0 Å². The van der Waals surface area contributed by atoms with Crippen LogP contribution >= 0.6 is 11.3 Å². The molecule has 1 aliphatic heterocycles. The number of aromatic nitrogens is 1. The Kier molecular flexibility index (Phi) is 5.71. The van der Waals surface area contributed by atoms with Gasteiger partial charge in [0.15, 0.2) is 5.13 Å². The molecule has 0 bridgehead atoms. The molecular formula is C20H22FN3O3S2. The molecule has 9 heteroatoms. The number of ether oxygens (including phenoxy) is 1. The van der Waals surface area contributed by atoms with Crippen molar-refractivity contribution in [1.82, 2.24) is 9.71 Å². The van der Waals surface area contributed by atoms with Gasteiger partial charge in [-0.15, -0.1) is 0 Å². The number of rotatable bonds is 6. The topological polar surface area (TPSA) is 71.5 Å². The monoisotopic (exact) mass is 435 g/mol. The van der Waals surface area contributed by atoms with Crippen LogP contribution in [0.4, 0.5) is 9.52 Å². The molecule has 0 unspecified atom stereocenters. The van der Waals surface area contributed by atoms with Crippen LogP contribution in [0.2, 0.25) is 0 Å². The minimum absolute atomic E-state index is 0.129. The summed E-state index contributed by atoms with van der Waals surface area (Å²) in [5, 5.41) is 1.01. The second-order valence-electron chi connectivity index (χ2n) is 7.04. The highest BCUT2D eigenvalue weighted by atomic mass is 32.2. The van der Waals surface area contributed by atoms with E-state index in [1.807, 2.05) is 18.2 Å². The van der Waals surface area contributed by atoms with Gasteiger partial charge in [0.25, 0.3) is 0 Å². The highest BCUT2D eigenvalue weighted by molar-refractivity contribution is 7.89. The molecular weight excluding hydrogens is 413 g/mol. The summed E-state index contributed by atoms with van der Waals surface area (Å²) in [5.41, 5.74) is 1.01. The van der Waals surface area contributed by atoms with Crippen LogP contribution in [-0.4, -0.2) is 40.1 Å². The average molecular weight is 436 g/mol. The van der Waals surface area contributed by atoms with E-state index in [-0.39, 0.29) is 16.6 Å². The Balaban J connectivity index is 1.37. The van der Waals surface area contributed by atoms with Crippen LogP contribution in [0.3, 0.4) is 0 Å². The minimum Gasteiger partial charge on any atom is -0.495 e. The number of hydrogen-bond acceptors (Lipinski definition) is 6. The van der Waals surface area contributed by atoms with E-state index in [4.69, 9.17) is 9.72 Å². The van der Waals surface area contributed by atoms with E-state index in [1.54, 1.807) is 11.3 Å². The number of hydrogen-bond donors (Lipinski definition) is 1. The summed E-state index contributed by atoms with van der Waals surface area (Å²) in [6.45, 7) is 1.97. The molecule has 1 fully saturated rings. The number of sulfonamides is 1. The van der Waals surface area contributed by atoms with E-state index < -0.39 is 15.8 Å². The third kappa shape index (κ3) is 4.36. The van der Waals surface area contributed by atoms with Crippen molar-refractivity contribution in [3.63, 3.8) is 0 Å².